The highest BCUT2D eigenvalue weighted by molar-refractivity contribution is 6.09. The number of rotatable bonds is 5. The van der Waals surface area contributed by atoms with Crippen LogP contribution < -0.4 is 10.1 Å². The Morgan fingerprint density at radius 3 is 2.13 bits per heavy atom. The molecular weight excluding hydrogens is 378 g/mol. The van der Waals surface area contributed by atoms with Gasteiger partial charge < -0.3 is 10.1 Å². The fourth-order valence-corrected chi connectivity index (χ4v) is 2.51. The van der Waals surface area contributed by atoms with Gasteiger partial charge in [0.15, 0.2) is 0 Å². The molecule has 1 amide bonds. The van der Waals surface area contributed by atoms with Crippen LogP contribution in [-0.2, 0) is 4.79 Å². The molecule has 6 heteroatoms. The van der Waals surface area contributed by atoms with E-state index in [9.17, 15) is 14.9 Å². The minimum atomic E-state index is -0.568. The summed E-state index contributed by atoms with van der Waals surface area (Å²) in [6.07, 6.45) is 1.43. The fourth-order valence-electron chi connectivity index (χ4n) is 2.51. The van der Waals surface area contributed by atoms with Crippen LogP contribution in [-0.4, -0.2) is 11.9 Å². The largest absolute Gasteiger partial charge is 0.423 e. The third-order valence-corrected chi connectivity index (χ3v) is 4.05. The Hall–Kier alpha value is -4.68. The van der Waals surface area contributed by atoms with Gasteiger partial charge in [-0.3, -0.25) is 4.79 Å². The Morgan fingerprint density at radius 1 is 0.867 bits per heavy atom. The molecule has 6 nitrogen and oxygen atoms in total. The van der Waals surface area contributed by atoms with E-state index >= 15 is 0 Å². The highest BCUT2D eigenvalue weighted by Gasteiger charge is 2.11. The molecular formula is C24H15N3O3. The summed E-state index contributed by atoms with van der Waals surface area (Å²) in [5.41, 5.74) is 1.89. The molecule has 0 radical (unpaired) electrons. The molecule has 0 aliphatic carbocycles. The molecule has 0 aliphatic heterocycles. The number of hydrogen-bond donors (Lipinski definition) is 1. The average molecular weight is 393 g/mol. The van der Waals surface area contributed by atoms with Gasteiger partial charge >= 0.3 is 5.97 Å². The Kier molecular flexibility index (Phi) is 6.35. The lowest BCUT2D eigenvalue weighted by Crippen LogP contribution is -2.13. The summed E-state index contributed by atoms with van der Waals surface area (Å²) in [6.45, 7) is 0. The highest BCUT2D eigenvalue weighted by atomic mass is 16.5. The predicted octanol–water partition coefficient (Wildman–Crippen LogP) is 4.32. The topological polar surface area (TPSA) is 103 Å². The van der Waals surface area contributed by atoms with Crippen LogP contribution in [0.5, 0.6) is 5.75 Å². The van der Waals surface area contributed by atoms with Crippen molar-refractivity contribution in [3.8, 4) is 17.9 Å². The number of nitriles is 2. The standard InChI is InChI=1S/C24H15N3O3/c25-15-18-6-10-21(11-7-18)27-23(28)20(16-26)14-17-8-12-22(13-9-17)30-24(29)19-4-2-1-3-5-19/h1-14H,(H,27,28)/b20-14-. The molecule has 0 aliphatic rings. The quantitative estimate of drug-likeness (QED) is 0.301. The number of benzene rings is 3. The zero-order chi connectivity index (χ0) is 21.3. The van der Waals surface area contributed by atoms with Gasteiger partial charge in [-0.1, -0.05) is 30.3 Å². The minimum absolute atomic E-state index is 0.0895. The van der Waals surface area contributed by atoms with Crippen LogP contribution in [0.25, 0.3) is 6.08 Å². The van der Waals surface area contributed by atoms with Crippen LogP contribution in [0.15, 0.2) is 84.4 Å². The second kappa shape index (κ2) is 9.50. The van der Waals surface area contributed by atoms with Crippen molar-refractivity contribution >= 4 is 23.6 Å². The van der Waals surface area contributed by atoms with Crippen LogP contribution in [0.3, 0.4) is 0 Å². The number of ether oxygens (including phenoxy) is 1. The van der Waals surface area contributed by atoms with Gasteiger partial charge in [0, 0.05) is 5.69 Å². The number of esters is 1. The van der Waals surface area contributed by atoms with Crippen molar-refractivity contribution < 1.29 is 14.3 Å². The maximum absolute atomic E-state index is 12.3. The van der Waals surface area contributed by atoms with Crippen molar-refractivity contribution in [2.24, 2.45) is 0 Å². The van der Waals surface area contributed by atoms with Crippen LogP contribution in [0.1, 0.15) is 21.5 Å². The lowest BCUT2D eigenvalue weighted by molar-refractivity contribution is -0.112. The number of nitrogens with one attached hydrogen (secondary N) is 1. The Labute approximate surface area is 173 Å². The monoisotopic (exact) mass is 393 g/mol. The molecule has 0 fully saturated rings. The zero-order valence-electron chi connectivity index (χ0n) is 15.7. The zero-order valence-corrected chi connectivity index (χ0v) is 15.7. The molecule has 0 aromatic heterocycles. The van der Waals surface area contributed by atoms with Crippen molar-refractivity contribution in [2.75, 3.05) is 5.32 Å². The molecule has 30 heavy (non-hydrogen) atoms. The average Bonchev–Trinajstić information content (AvgIpc) is 2.79. The summed E-state index contributed by atoms with van der Waals surface area (Å²) in [5, 5.41) is 20.7. The number of nitrogens with zero attached hydrogens (tertiary/aromatic N) is 2. The van der Waals surface area contributed by atoms with E-state index in [1.807, 2.05) is 18.2 Å². The number of hydrogen-bond acceptors (Lipinski definition) is 5. The molecule has 1 N–H and O–H groups in total. The van der Waals surface area contributed by atoms with Crippen LogP contribution in [0.4, 0.5) is 5.69 Å². The third kappa shape index (κ3) is 5.19. The first kappa shape index (κ1) is 20.1. The fraction of sp³-hybridized carbons (Fsp3) is 0. The van der Waals surface area contributed by atoms with Gasteiger partial charge in [0.1, 0.15) is 17.4 Å². The molecule has 0 bridgehead atoms. The molecule has 0 saturated heterocycles. The predicted molar refractivity (Wildman–Crippen MR) is 111 cm³/mol. The van der Waals surface area contributed by atoms with E-state index in [0.717, 1.165) is 0 Å². The molecule has 0 heterocycles. The third-order valence-electron chi connectivity index (χ3n) is 4.05. The van der Waals surface area contributed by atoms with E-state index in [2.05, 4.69) is 5.32 Å². The summed E-state index contributed by atoms with van der Waals surface area (Å²) >= 11 is 0. The number of carbonyl (C=O) groups is 2. The van der Waals surface area contributed by atoms with Crippen molar-refractivity contribution in [1.29, 1.82) is 10.5 Å². The molecule has 3 rings (SSSR count). The normalized spacial score (nSPS) is 10.4. The van der Waals surface area contributed by atoms with Gasteiger partial charge in [-0.2, -0.15) is 10.5 Å². The molecule has 0 atom stereocenters. The smallest absolute Gasteiger partial charge is 0.343 e. The molecule has 0 saturated carbocycles. The lowest BCUT2D eigenvalue weighted by atomic mass is 10.1. The summed E-state index contributed by atoms with van der Waals surface area (Å²) < 4.78 is 5.31. The van der Waals surface area contributed by atoms with Crippen molar-refractivity contribution in [3.63, 3.8) is 0 Å². The van der Waals surface area contributed by atoms with Gasteiger partial charge in [-0.05, 0) is 60.2 Å². The molecule has 0 spiro atoms. The minimum Gasteiger partial charge on any atom is -0.423 e. The Morgan fingerprint density at radius 2 is 1.53 bits per heavy atom. The van der Waals surface area contributed by atoms with Gasteiger partial charge in [-0.25, -0.2) is 4.79 Å². The lowest BCUT2D eigenvalue weighted by Gasteiger charge is -2.06. The summed E-state index contributed by atoms with van der Waals surface area (Å²) in [6, 6.07) is 25.2. The van der Waals surface area contributed by atoms with Gasteiger partial charge in [0.2, 0.25) is 0 Å². The Balaban J connectivity index is 1.68. The second-order valence-electron chi connectivity index (χ2n) is 6.14. The summed E-state index contributed by atoms with van der Waals surface area (Å²) in [7, 11) is 0. The Bertz CT molecular complexity index is 1170. The molecule has 0 unspecified atom stereocenters. The summed E-state index contributed by atoms with van der Waals surface area (Å²) in [4.78, 5) is 24.4. The van der Waals surface area contributed by atoms with E-state index in [4.69, 9.17) is 10.00 Å². The number of carbonyl (C=O) groups excluding carboxylic acids is 2. The van der Waals surface area contributed by atoms with Crippen molar-refractivity contribution in [1.82, 2.24) is 0 Å². The first-order valence-electron chi connectivity index (χ1n) is 8.89. The van der Waals surface area contributed by atoms with Crippen molar-refractivity contribution in [3.05, 3.63) is 101 Å². The molecule has 3 aromatic carbocycles. The van der Waals surface area contributed by atoms with E-state index in [0.29, 0.717) is 28.1 Å². The maximum atomic E-state index is 12.3. The van der Waals surface area contributed by atoms with E-state index in [1.165, 1.54) is 6.08 Å². The van der Waals surface area contributed by atoms with Crippen LogP contribution in [0.2, 0.25) is 0 Å². The number of anilines is 1. The SMILES string of the molecule is N#C/C(=C/c1ccc(OC(=O)c2ccccc2)cc1)C(=O)Nc1ccc(C#N)cc1. The van der Waals surface area contributed by atoms with Gasteiger partial charge in [-0.15, -0.1) is 0 Å². The van der Waals surface area contributed by atoms with Crippen molar-refractivity contribution in [2.45, 2.75) is 0 Å². The second-order valence-corrected chi connectivity index (χ2v) is 6.14. The number of amides is 1. The van der Waals surface area contributed by atoms with Crippen LogP contribution in [0, 0.1) is 22.7 Å². The first-order chi connectivity index (χ1) is 14.6. The van der Waals surface area contributed by atoms with E-state index < -0.39 is 11.9 Å². The highest BCUT2D eigenvalue weighted by Crippen LogP contribution is 2.17. The molecule has 3 aromatic rings. The van der Waals surface area contributed by atoms with Gasteiger partial charge in [0.05, 0.1) is 17.2 Å². The first-order valence-corrected chi connectivity index (χ1v) is 8.89. The molecule has 144 valence electrons. The van der Waals surface area contributed by atoms with Crippen LogP contribution >= 0.6 is 0 Å². The van der Waals surface area contributed by atoms with Gasteiger partial charge in [0.25, 0.3) is 5.91 Å². The maximum Gasteiger partial charge on any atom is 0.343 e. The summed E-state index contributed by atoms with van der Waals surface area (Å²) in [5.74, 6) is -0.693. The van der Waals surface area contributed by atoms with E-state index in [-0.39, 0.29) is 5.57 Å². The van der Waals surface area contributed by atoms with E-state index in [1.54, 1.807) is 72.8 Å².